The number of benzene rings is 2. The second-order valence-corrected chi connectivity index (χ2v) is 6.92. The molecule has 6 heteroatoms. The van der Waals surface area contributed by atoms with E-state index in [1.54, 1.807) is 0 Å². The van der Waals surface area contributed by atoms with Gasteiger partial charge in [0.25, 0.3) is 0 Å². The van der Waals surface area contributed by atoms with Crippen molar-refractivity contribution in [3.05, 3.63) is 53.6 Å². The van der Waals surface area contributed by atoms with Crippen molar-refractivity contribution >= 4 is 17.4 Å². The van der Waals surface area contributed by atoms with Crippen LogP contribution in [0.4, 0.5) is 16.2 Å². The zero-order chi connectivity index (χ0) is 19.8. The molecule has 2 aromatic rings. The van der Waals surface area contributed by atoms with Crippen LogP contribution in [0.3, 0.4) is 0 Å². The topological polar surface area (TPSA) is 62.8 Å². The van der Waals surface area contributed by atoms with Gasteiger partial charge in [-0.05, 0) is 43.5 Å². The number of hydrogen-bond donors (Lipinski definition) is 2. The van der Waals surface area contributed by atoms with Gasteiger partial charge in [-0.25, -0.2) is 4.79 Å². The smallest absolute Gasteiger partial charge is 0.319 e. The van der Waals surface area contributed by atoms with Crippen LogP contribution in [0.5, 0.6) is 5.75 Å². The number of rotatable bonds is 7. The van der Waals surface area contributed by atoms with Crippen LogP contribution in [0.25, 0.3) is 0 Å². The number of anilines is 2. The summed E-state index contributed by atoms with van der Waals surface area (Å²) in [4.78, 5) is 14.5. The van der Waals surface area contributed by atoms with Crippen LogP contribution < -0.4 is 20.3 Å². The van der Waals surface area contributed by atoms with Gasteiger partial charge in [0.05, 0.1) is 31.2 Å². The molecule has 0 radical (unpaired) electrons. The minimum Gasteiger partial charge on any atom is -0.493 e. The van der Waals surface area contributed by atoms with Gasteiger partial charge >= 0.3 is 6.03 Å². The number of hydrogen-bond acceptors (Lipinski definition) is 4. The molecule has 0 aromatic heterocycles. The maximum atomic E-state index is 12.3. The third-order valence-corrected chi connectivity index (χ3v) is 4.77. The van der Waals surface area contributed by atoms with Gasteiger partial charge < -0.3 is 25.0 Å². The van der Waals surface area contributed by atoms with E-state index in [0.717, 1.165) is 47.8 Å². The van der Waals surface area contributed by atoms with Gasteiger partial charge in [-0.15, -0.1) is 0 Å². The van der Waals surface area contributed by atoms with Crippen LogP contribution in [0.1, 0.15) is 17.5 Å². The molecule has 0 spiro atoms. The lowest BCUT2D eigenvalue weighted by atomic mass is 10.1. The van der Waals surface area contributed by atoms with Gasteiger partial charge in [-0.3, -0.25) is 0 Å². The SMILES string of the molecule is Cc1cccc(C)c1OCCCNC(=O)Nc1ccccc1N1CCOCC1. The Morgan fingerprint density at radius 2 is 1.79 bits per heavy atom. The van der Waals surface area contributed by atoms with E-state index in [2.05, 4.69) is 15.5 Å². The maximum Gasteiger partial charge on any atom is 0.319 e. The van der Waals surface area contributed by atoms with E-state index in [1.165, 1.54) is 0 Å². The molecular weight excluding hydrogens is 354 g/mol. The number of urea groups is 1. The second-order valence-electron chi connectivity index (χ2n) is 6.92. The standard InChI is InChI=1S/C22H29N3O3/c1-17-7-5-8-18(2)21(17)28-14-6-11-23-22(26)24-19-9-3-4-10-20(19)25-12-15-27-16-13-25/h3-5,7-10H,6,11-16H2,1-2H3,(H2,23,24,26). The van der Waals surface area contributed by atoms with Gasteiger partial charge in [-0.1, -0.05) is 30.3 Å². The second kappa shape index (κ2) is 9.99. The lowest BCUT2D eigenvalue weighted by molar-refractivity contribution is 0.123. The largest absolute Gasteiger partial charge is 0.493 e. The summed E-state index contributed by atoms with van der Waals surface area (Å²) >= 11 is 0. The van der Waals surface area contributed by atoms with Gasteiger partial charge in [-0.2, -0.15) is 0 Å². The Bertz CT molecular complexity index is 768. The molecule has 2 amide bonds. The third-order valence-electron chi connectivity index (χ3n) is 4.77. The van der Waals surface area contributed by atoms with Gasteiger partial charge in [0.1, 0.15) is 5.75 Å². The van der Waals surface area contributed by atoms with Gasteiger partial charge in [0.2, 0.25) is 0 Å². The third kappa shape index (κ3) is 5.39. The van der Waals surface area contributed by atoms with Crippen molar-refractivity contribution in [1.82, 2.24) is 5.32 Å². The number of ether oxygens (including phenoxy) is 2. The first-order valence-electron chi connectivity index (χ1n) is 9.81. The summed E-state index contributed by atoms with van der Waals surface area (Å²) in [5, 5.41) is 5.86. The number of nitrogens with one attached hydrogen (secondary N) is 2. The van der Waals surface area contributed by atoms with Crippen molar-refractivity contribution in [1.29, 1.82) is 0 Å². The predicted octanol–water partition coefficient (Wildman–Crippen LogP) is 3.73. The van der Waals surface area contributed by atoms with Crippen LogP contribution in [-0.2, 0) is 4.74 Å². The highest BCUT2D eigenvalue weighted by Gasteiger charge is 2.15. The molecule has 1 aliphatic rings. The van der Waals surface area contributed by atoms with E-state index >= 15 is 0 Å². The molecule has 0 atom stereocenters. The quantitative estimate of drug-likeness (QED) is 0.715. The molecule has 28 heavy (non-hydrogen) atoms. The van der Waals surface area contributed by atoms with Gasteiger partial charge in [0.15, 0.2) is 0 Å². The number of nitrogens with zero attached hydrogens (tertiary/aromatic N) is 1. The van der Waals surface area contributed by atoms with Crippen molar-refractivity contribution in [2.75, 3.05) is 49.7 Å². The van der Waals surface area contributed by atoms with Gasteiger partial charge in [0, 0.05) is 19.6 Å². The normalized spacial score (nSPS) is 13.9. The predicted molar refractivity (Wildman–Crippen MR) is 113 cm³/mol. The van der Waals surface area contributed by atoms with Crippen molar-refractivity contribution < 1.29 is 14.3 Å². The van der Waals surface area contributed by atoms with Crippen molar-refractivity contribution in [2.24, 2.45) is 0 Å². The van der Waals surface area contributed by atoms with Crippen LogP contribution in [0.2, 0.25) is 0 Å². The minimum atomic E-state index is -0.201. The molecule has 6 nitrogen and oxygen atoms in total. The number of carbonyl (C=O) groups is 1. The fourth-order valence-electron chi connectivity index (χ4n) is 3.30. The van der Waals surface area contributed by atoms with Crippen LogP contribution in [-0.4, -0.2) is 45.5 Å². The number of morpholine rings is 1. The molecular formula is C22H29N3O3. The highest BCUT2D eigenvalue weighted by molar-refractivity contribution is 5.93. The summed E-state index contributed by atoms with van der Waals surface area (Å²) in [7, 11) is 0. The molecule has 0 unspecified atom stereocenters. The lowest BCUT2D eigenvalue weighted by Gasteiger charge is -2.30. The Hall–Kier alpha value is -2.73. The van der Waals surface area contributed by atoms with E-state index < -0.39 is 0 Å². The zero-order valence-electron chi connectivity index (χ0n) is 16.7. The highest BCUT2D eigenvalue weighted by Crippen LogP contribution is 2.26. The molecule has 1 fully saturated rings. The van der Waals surface area contributed by atoms with Crippen molar-refractivity contribution in [3.63, 3.8) is 0 Å². The fraction of sp³-hybridized carbons (Fsp3) is 0.409. The Morgan fingerprint density at radius 1 is 1.07 bits per heavy atom. The first kappa shape index (κ1) is 20.0. The average molecular weight is 383 g/mol. The first-order chi connectivity index (χ1) is 13.6. The molecule has 0 bridgehead atoms. The van der Waals surface area contributed by atoms with E-state index in [0.29, 0.717) is 26.4 Å². The molecule has 150 valence electrons. The summed E-state index contributed by atoms with van der Waals surface area (Å²) in [5.74, 6) is 0.936. The molecule has 2 aromatic carbocycles. The number of carbonyl (C=O) groups excluding carboxylic acids is 1. The molecule has 0 saturated carbocycles. The lowest BCUT2D eigenvalue weighted by Crippen LogP contribution is -2.37. The summed E-state index contributed by atoms with van der Waals surface area (Å²) in [6, 6.07) is 13.8. The molecule has 3 rings (SSSR count). The van der Waals surface area contributed by atoms with Crippen molar-refractivity contribution in [3.8, 4) is 5.75 Å². The summed E-state index contributed by atoms with van der Waals surface area (Å²) in [6.45, 7) is 8.28. The van der Waals surface area contributed by atoms with E-state index in [9.17, 15) is 4.79 Å². The molecule has 1 aliphatic heterocycles. The monoisotopic (exact) mass is 383 g/mol. The summed E-state index contributed by atoms with van der Waals surface area (Å²) in [6.07, 6.45) is 0.742. The Balaban J connectivity index is 1.44. The van der Waals surface area contributed by atoms with Crippen LogP contribution in [0, 0.1) is 13.8 Å². The zero-order valence-corrected chi connectivity index (χ0v) is 16.7. The Kier molecular flexibility index (Phi) is 7.14. The Labute approximate surface area is 166 Å². The molecule has 1 saturated heterocycles. The van der Waals surface area contributed by atoms with E-state index in [-0.39, 0.29) is 6.03 Å². The Morgan fingerprint density at radius 3 is 2.54 bits per heavy atom. The fourth-order valence-corrected chi connectivity index (χ4v) is 3.30. The highest BCUT2D eigenvalue weighted by atomic mass is 16.5. The number of para-hydroxylation sites is 3. The van der Waals surface area contributed by atoms with Crippen LogP contribution in [0.15, 0.2) is 42.5 Å². The first-order valence-corrected chi connectivity index (χ1v) is 9.81. The number of amides is 2. The molecule has 0 aliphatic carbocycles. The number of aryl methyl sites for hydroxylation is 2. The van der Waals surface area contributed by atoms with E-state index in [4.69, 9.17) is 9.47 Å². The summed E-state index contributed by atoms with van der Waals surface area (Å²) < 4.78 is 11.3. The summed E-state index contributed by atoms with van der Waals surface area (Å²) in [5.41, 5.74) is 4.10. The minimum absolute atomic E-state index is 0.201. The molecule has 1 heterocycles. The maximum absolute atomic E-state index is 12.3. The van der Waals surface area contributed by atoms with Crippen molar-refractivity contribution in [2.45, 2.75) is 20.3 Å². The average Bonchev–Trinajstić information content (AvgIpc) is 2.71. The van der Waals surface area contributed by atoms with Crippen LogP contribution >= 0.6 is 0 Å². The molecule has 2 N–H and O–H groups in total. The van der Waals surface area contributed by atoms with E-state index in [1.807, 2.05) is 56.3 Å².